The topological polar surface area (TPSA) is 76.5 Å². The molecule has 0 aromatic carbocycles. The lowest BCUT2D eigenvalue weighted by atomic mass is 9.71. The maximum atomic E-state index is 12.7. The van der Waals surface area contributed by atoms with Crippen molar-refractivity contribution < 1.29 is 19.4 Å². The Morgan fingerprint density at radius 3 is 2.54 bits per heavy atom. The molecule has 0 radical (unpaired) electrons. The molecular weight excluding hydrogens is 306 g/mol. The van der Waals surface area contributed by atoms with E-state index in [1.54, 1.807) is 6.92 Å². The predicted molar refractivity (Wildman–Crippen MR) is 89.5 cm³/mol. The molecule has 24 heavy (non-hydrogen) atoms. The summed E-state index contributed by atoms with van der Waals surface area (Å²) in [6.07, 6.45) is 5.52. The van der Waals surface area contributed by atoms with Gasteiger partial charge in [-0.1, -0.05) is 26.7 Å². The standard InChI is InChI=1S/C19H25NO4/c1-4-24-18(23)15-16(11(2)3)20-12-9-19(7-5-6-8-19)10-13(21)14(12)17(15)22/h11H,4-10H2,1-3H3,(H,20,22). The summed E-state index contributed by atoms with van der Waals surface area (Å²) in [5.41, 5.74) is 1.47. The van der Waals surface area contributed by atoms with E-state index in [0.29, 0.717) is 24.2 Å². The summed E-state index contributed by atoms with van der Waals surface area (Å²) >= 11 is 0. The van der Waals surface area contributed by atoms with Crippen LogP contribution in [-0.4, -0.2) is 28.4 Å². The molecule has 2 aliphatic rings. The molecule has 1 heterocycles. The van der Waals surface area contributed by atoms with Gasteiger partial charge in [-0.3, -0.25) is 9.78 Å². The lowest BCUT2D eigenvalue weighted by molar-refractivity contribution is 0.0520. The number of Topliss-reactive ketones (excluding diaryl/α,β-unsaturated/α-hetero) is 1. The van der Waals surface area contributed by atoms with Gasteiger partial charge < -0.3 is 9.84 Å². The first-order valence-corrected chi connectivity index (χ1v) is 8.84. The molecule has 1 saturated carbocycles. The maximum absolute atomic E-state index is 12.7. The van der Waals surface area contributed by atoms with Gasteiger partial charge in [0.2, 0.25) is 0 Å². The third-order valence-electron chi connectivity index (χ3n) is 5.32. The number of pyridine rings is 1. The Bertz CT molecular complexity index is 687. The van der Waals surface area contributed by atoms with Gasteiger partial charge in [-0.15, -0.1) is 0 Å². The number of ketones is 1. The number of aromatic hydroxyl groups is 1. The van der Waals surface area contributed by atoms with Crippen LogP contribution in [-0.2, 0) is 11.2 Å². The Kier molecular flexibility index (Phi) is 4.37. The van der Waals surface area contributed by atoms with Crippen LogP contribution in [0.5, 0.6) is 5.75 Å². The van der Waals surface area contributed by atoms with Gasteiger partial charge in [-0.25, -0.2) is 4.79 Å². The highest BCUT2D eigenvalue weighted by Crippen LogP contribution is 2.49. The molecule has 2 aliphatic carbocycles. The van der Waals surface area contributed by atoms with E-state index >= 15 is 0 Å². The number of hydrogen-bond donors (Lipinski definition) is 1. The monoisotopic (exact) mass is 331 g/mol. The van der Waals surface area contributed by atoms with Gasteiger partial charge in [-0.05, 0) is 37.5 Å². The van der Waals surface area contributed by atoms with E-state index in [1.165, 1.54) is 0 Å². The number of carbonyl (C=O) groups excluding carboxylic acids is 2. The zero-order valence-electron chi connectivity index (χ0n) is 14.6. The molecule has 1 aromatic rings. The van der Waals surface area contributed by atoms with E-state index in [-0.39, 0.29) is 40.6 Å². The van der Waals surface area contributed by atoms with Crippen molar-refractivity contribution >= 4 is 11.8 Å². The van der Waals surface area contributed by atoms with Gasteiger partial charge in [0.1, 0.15) is 11.3 Å². The molecule has 5 heteroatoms. The van der Waals surface area contributed by atoms with Crippen LogP contribution in [0.4, 0.5) is 0 Å². The first-order valence-electron chi connectivity index (χ1n) is 8.84. The third-order valence-corrected chi connectivity index (χ3v) is 5.32. The van der Waals surface area contributed by atoms with Crippen LogP contribution in [0, 0.1) is 5.41 Å². The lowest BCUT2D eigenvalue weighted by Crippen LogP contribution is -2.32. The van der Waals surface area contributed by atoms with Crippen molar-refractivity contribution in [2.24, 2.45) is 5.41 Å². The highest BCUT2D eigenvalue weighted by atomic mass is 16.5. The van der Waals surface area contributed by atoms with Crippen LogP contribution in [0.2, 0.25) is 0 Å². The number of esters is 1. The molecule has 0 saturated heterocycles. The Hall–Kier alpha value is -1.91. The predicted octanol–water partition coefficient (Wildman–Crippen LogP) is 3.78. The third kappa shape index (κ3) is 2.70. The number of ether oxygens (including phenoxy) is 1. The minimum absolute atomic E-state index is 0.00319. The Labute approximate surface area is 142 Å². The summed E-state index contributed by atoms with van der Waals surface area (Å²) in [6.45, 7) is 5.77. The van der Waals surface area contributed by atoms with E-state index in [2.05, 4.69) is 4.98 Å². The Morgan fingerprint density at radius 1 is 1.29 bits per heavy atom. The van der Waals surface area contributed by atoms with Gasteiger partial charge in [0, 0.05) is 6.42 Å². The summed E-state index contributed by atoms with van der Waals surface area (Å²) < 4.78 is 5.07. The number of nitrogens with zero attached hydrogens (tertiary/aromatic N) is 1. The number of carbonyl (C=O) groups is 2. The summed E-state index contributed by atoms with van der Waals surface area (Å²) in [7, 11) is 0. The molecule has 1 N–H and O–H groups in total. The van der Waals surface area contributed by atoms with Crippen LogP contribution >= 0.6 is 0 Å². The second-order valence-corrected chi connectivity index (χ2v) is 7.40. The SMILES string of the molecule is CCOC(=O)c1c(C(C)C)nc2c(c1O)C(=O)CC1(CCCC1)C2. The molecule has 130 valence electrons. The normalized spacial score (nSPS) is 18.9. The van der Waals surface area contributed by atoms with Crippen LogP contribution < -0.4 is 0 Å². The molecule has 0 amide bonds. The Balaban J connectivity index is 2.14. The summed E-state index contributed by atoms with van der Waals surface area (Å²) in [6, 6.07) is 0. The largest absolute Gasteiger partial charge is 0.506 e. The zero-order chi connectivity index (χ0) is 17.5. The van der Waals surface area contributed by atoms with E-state index in [4.69, 9.17) is 4.74 Å². The molecule has 5 nitrogen and oxygen atoms in total. The smallest absolute Gasteiger partial charge is 0.343 e. The zero-order valence-corrected chi connectivity index (χ0v) is 14.6. The molecule has 0 atom stereocenters. The van der Waals surface area contributed by atoms with Crippen LogP contribution in [0.25, 0.3) is 0 Å². The van der Waals surface area contributed by atoms with Crippen molar-refractivity contribution in [3.05, 3.63) is 22.5 Å². The van der Waals surface area contributed by atoms with E-state index < -0.39 is 5.97 Å². The van der Waals surface area contributed by atoms with Crippen molar-refractivity contribution in [1.82, 2.24) is 4.98 Å². The average molecular weight is 331 g/mol. The molecule has 0 aliphatic heterocycles. The van der Waals surface area contributed by atoms with Crippen LogP contribution in [0.3, 0.4) is 0 Å². The summed E-state index contributed by atoms with van der Waals surface area (Å²) in [4.78, 5) is 29.7. The fourth-order valence-corrected chi connectivity index (χ4v) is 4.21. The number of hydrogen-bond acceptors (Lipinski definition) is 5. The molecular formula is C19H25NO4. The first kappa shape index (κ1) is 16.9. The van der Waals surface area contributed by atoms with E-state index in [9.17, 15) is 14.7 Å². The molecule has 1 spiro atoms. The van der Waals surface area contributed by atoms with Crippen LogP contribution in [0.1, 0.15) is 90.9 Å². The van der Waals surface area contributed by atoms with Gasteiger partial charge in [0.15, 0.2) is 5.78 Å². The van der Waals surface area contributed by atoms with Gasteiger partial charge in [0.05, 0.1) is 23.6 Å². The number of aromatic nitrogens is 1. The highest BCUT2D eigenvalue weighted by molar-refractivity contribution is 6.05. The molecule has 3 rings (SSSR count). The van der Waals surface area contributed by atoms with E-state index in [0.717, 1.165) is 25.7 Å². The minimum atomic E-state index is -0.608. The fraction of sp³-hybridized carbons (Fsp3) is 0.632. The lowest BCUT2D eigenvalue weighted by Gasteiger charge is -2.34. The quantitative estimate of drug-likeness (QED) is 0.853. The van der Waals surface area contributed by atoms with E-state index in [1.807, 2.05) is 13.8 Å². The fourth-order valence-electron chi connectivity index (χ4n) is 4.21. The van der Waals surface area contributed by atoms with Crippen molar-refractivity contribution in [1.29, 1.82) is 0 Å². The minimum Gasteiger partial charge on any atom is -0.506 e. The van der Waals surface area contributed by atoms with Gasteiger partial charge in [-0.2, -0.15) is 0 Å². The Morgan fingerprint density at radius 2 is 1.96 bits per heavy atom. The molecule has 1 aromatic heterocycles. The highest BCUT2D eigenvalue weighted by Gasteiger charge is 2.43. The number of rotatable bonds is 3. The van der Waals surface area contributed by atoms with Crippen molar-refractivity contribution in [2.75, 3.05) is 6.61 Å². The first-order chi connectivity index (χ1) is 11.4. The number of fused-ring (bicyclic) bond motifs is 1. The molecule has 0 bridgehead atoms. The second-order valence-electron chi connectivity index (χ2n) is 7.40. The van der Waals surface area contributed by atoms with Crippen LogP contribution in [0.15, 0.2) is 0 Å². The van der Waals surface area contributed by atoms with Crippen molar-refractivity contribution in [2.45, 2.75) is 65.2 Å². The average Bonchev–Trinajstić information content (AvgIpc) is 2.93. The maximum Gasteiger partial charge on any atom is 0.343 e. The molecule has 1 fully saturated rings. The van der Waals surface area contributed by atoms with Gasteiger partial charge in [0.25, 0.3) is 0 Å². The summed E-state index contributed by atoms with van der Waals surface area (Å²) in [5, 5.41) is 10.7. The second kappa shape index (κ2) is 6.19. The van der Waals surface area contributed by atoms with Crippen molar-refractivity contribution in [3.8, 4) is 5.75 Å². The summed E-state index contributed by atoms with van der Waals surface area (Å²) in [5.74, 6) is -0.982. The van der Waals surface area contributed by atoms with Gasteiger partial charge >= 0.3 is 5.97 Å². The van der Waals surface area contributed by atoms with Crippen molar-refractivity contribution in [3.63, 3.8) is 0 Å². The molecule has 0 unspecified atom stereocenters.